The second-order valence-corrected chi connectivity index (χ2v) is 6.64. The van der Waals surface area contributed by atoms with Crippen LogP contribution in [0.15, 0.2) is 0 Å². The Morgan fingerprint density at radius 1 is 1.47 bits per heavy atom. The molecule has 0 bridgehead atoms. The van der Waals surface area contributed by atoms with Crippen molar-refractivity contribution in [1.82, 2.24) is 4.72 Å². The first-order valence-electron chi connectivity index (χ1n) is 5.02. The van der Waals surface area contributed by atoms with Gasteiger partial charge >= 0.3 is 5.97 Å². The molecule has 0 saturated heterocycles. The maximum atomic E-state index is 11.6. The van der Waals surface area contributed by atoms with E-state index in [1.165, 1.54) is 0 Å². The van der Waals surface area contributed by atoms with Gasteiger partial charge < -0.3 is 5.11 Å². The Bertz CT molecular complexity index is 343. The summed E-state index contributed by atoms with van der Waals surface area (Å²) in [5, 5.41) is 8.19. The van der Waals surface area contributed by atoms with E-state index in [2.05, 4.69) is 4.72 Å². The summed E-state index contributed by atoms with van der Waals surface area (Å²) in [5.74, 6) is -0.957. The maximum Gasteiger partial charge on any atom is 0.305 e. The molecule has 1 aliphatic rings. The summed E-state index contributed by atoms with van der Waals surface area (Å²) >= 11 is 0. The first kappa shape index (κ1) is 12.4. The standard InChI is InChI=1S/C9H17NO4S/c1-7(2)15(13,14)10-9(4-3-5-9)6-8(11)12/h7,10H,3-6H2,1-2H3,(H,11,12). The van der Waals surface area contributed by atoms with Crippen LogP contribution in [0, 0.1) is 0 Å². The zero-order valence-corrected chi connectivity index (χ0v) is 9.80. The first-order chi connectivity index (χ1) is 6.77. The van der Waals surface area contributed by atoms with Crippen molar-refractivity contribution in [2.75, 3.05) is 0 Å². The van der Waals surface area contributed by atoms with Gasteiger partial charge in [0.25, 0.3) is 0 Å². The predicted octanol–water partition coefficient (Wildman–Crippen LogP) is 0.712. The smallest absolute Gasteiger partial charge is 0.305 e. The summed E-state index contributed by atoms with van der Waals surface area (Å²) in [6.45, 7) is 3.16. The number of sulfonamides is 1. The summed E-state index contributed by atoms with van der Waals surface area (Å²) in [5.41, 5.74) is -0.727. The van der Waals surface area contributed by atoms with E-state index in [4.69, 9.17) is 5.11 Å². The first-order valence-corrected chi connectivity index (χ1v) is 6.57. The van der Waals surface area contributed by atoms with E-state index in [0.29, 0.717) is 12.8 Å². The van der Waals surface area contributed by atoms with E-state index in [9.17, 15) is 13.2 Å². The number of carbonyl (C=O) groups is 1. The third-order valence-corrected chi connectivity index (χ3v) is 4.74. The lowest BCUT2D eigenvalue weighted by Crippen LogP contribution is -2.56. The second-order valence-electron chi connectivity index (χ2n) is 4.40. The summed E-state index contributed by atoms with van der Waals surface area (Å²) in [6.07, 6.45) is 1.99. The Balaban J connectivity index is 2.73. The number of hydrogen-bond donors (Lipinski definition) is 2. The molecule has 15 heavy (non-hydrogen) atoms. The van der Waals surface area contributed by atoms with Gasteiger partial charge in [0.2, 0.25) is 10.0 Å². The fraction of sp³-hybridized carbons (Fsp3) is 0.889. The van der Waals surface area contributed by atoms with Gasteiger partial charge in [-0.25, -0.2) is 13.1 Å². The molecule has 0 heterocycles. The third kappa shape index (κ3) is 2.92. The SMILES string of the molecule is CC(C)S(=O)(=O)NC1(CC(=O)O)CCC1. The Kier molecular flexibility index (Phi) is 3.40. The molecular weight excluding hydrogens is 218 g/mol. The van der Waals surface area contributed by atoms with Crippen molar-refractivity contribution >= 4 is 16.0 Å². The van der Waals surface area contributed by atoms with Gasteiger partial charge in [-0.05, 0) is 33.1 Å². The molecule has 0 radical (unpaired) electrons. The van der Waals surface area contributed by atoms with Crippen LogP contribution in [0.2, 0.25) is 0 Å². The molecule has 1 fully saturated rings. The highest BCUT2D eigenvalue weighted by molar-refractivity contribution is 7.90. The van der Waals surface area contributed by atoms with Crippen molar-refractivity contribution in [3.63, 3.8) is 0 Å². The van der Waals surface area contributed by atoms with Crippen molar-refractivity contribution in [3.05, 3.63) is 0 Å². The van der Waals surface area contributed by atoms with E-state index in [1.54, 1.807) is 13.8 Å². The molecule has 1 rings (SSSR count). The van der Waals surface area contributed by atoms with Gasteiger partial charge in [0.15, 0.2) is 0 Å². The van der Waals surface area contributed by atoms with Crippen LogP contribution in [0.5, 0.6) is 0 Å². The van der Waals surface area contributed by atoms with Gasteiger partial charge in [0, 0.05) is 5.54 Å². The fourth-order valence-corrected chi connectivity index (χ4v) is 2.74. The highest BCUT2D eigenvalue weighted by Gasteiger charge is 2.42. The Labute approximate surface area is 89.9 Å². The maximum absolute atomic E-state index is 11.6. The van der Waals surface area contributed by atoms with E-state index in [-0.39, 0.29) is 6.42 Å². The minimum Gasteiger partial charge on any atom is -0.481 e. The number of carboxylic acid groups (broad SMARTS) is 1. The average Bonchev–Trinajstić information content (AvgIpc) is 1.98. The quantitative estimate of drug-likeness (QED) is 0.735. The number of hydrogen-bond acceptors (Lipinski definition) is 3. The minimum absolute atomic E-state index is 0.126. The zero-order chi connectivity index (χ0) is 11.7. The highest BCUT2D eigenvalue weighted by atomic mass is 32.2. The molecule has 0 aromatic rings. The van der Waals surface area contributed by atoms with Crippen LogP contribution in [-0.2, 0) is 14.8 Å². The molecule has 2 N–H and O–H groups in total. The monoisotopic (exact) mass is 235 g/mol. The van der Waals surface area contributed by atoms with E-state index in [1.807, 2.05) is 0 Å². The highest BCUT2D eigenvalue weighted by Crippen LogP contribution is 2.35. The lowest BCUT2D eigenvalue weighted by molar-refractivity contribution is -0.139. The number of aliphatic carboxylic acids is 1. The number of rotatable bonds is 5. The van der Waals surface area contributed by atoms with Crippen molar-refractivity contribution in [2.24, 2.45) is 0 Å². The van der Waals surface area contributed by atoms with Gasteiger partial charge in [-0.2, -0.15) is 0 Å². The fourth-order valence-electron chi connectivity index (χ4n) is 1.63. The Morgan fingerprint density at radius 3 is 2.27 bits per heavy atom. The molecule has 0 atom stereocenters. The van der Waals surface area contributed by atoms with Gasteiger partial charge in [0.1, 0.15) is 0 Å². The molecule has 0 aromatic carbocycles. The molecule has 1 saturated carbocycles. The minimum atomic E-state index is -3.38. The third-order valence-electron chi connectivity index (χ3n) is 2.78. The zero-order valence-electron chi connectivity index (χ0n) is 8.99. The van der Waals surface area contributed by atoms with Gasteiger partial charge in [-0.3, -0.25) is 4.79 Å². The molecule has 88 valence electrons. The van der Waals surface area contributed by atoms with Gasteiger partial charge in [0.05, 0.1) is 11.7 Å². The molecule has 0 aromatic heterocycles. The molecule has 1 aliphatic carbocycles. The van der Waals surface area contributed by atoms with Crippen molar-refractivity contribution in [2.45, 2.75) is 50.3 Å². The summed E-state index contributed by atoms with van der Waals surface area (Å²) in [6, 6.07) is 0. The van der Waals surface area contributed by atoms with Crippen LogP contribution in [0.4, 0.5) is 0 Å². The molecule has 0 unspecified atom stereocenters. The van der Waals surface area contributed by atoms with Gasteiger partial charge in [-0.1, -0.05) is 0 Å². The topological polar surface area (TPSA) is 83.5 Å². The van der Waals surface area contributed by atoms with Crippen molar-refractivity contribution < 1.29 is 18.3 Å². The Hall–Kier alpha value is -0.620. The average molecular weight is 235 g/mol. The molecule has 5 nitrogen and oxygen atoms in total. The second kappa shape index (κ2) is 4.09. The molecule has 0 aliphatic heterocycles. The van der Waals surface area contributed by atoms with Crippen molar-refractivity contribution in [1.29, 1.82) is 0 Å². The number of carboxylic acids is 1. The molecule has 6 heteroatoms. The van der Waals surface area contributed by atoms with Gasteiger partial charge in [-0.15, -0.1) is 0 Å². The summed E-state index contributed by atoms with van der Waals surface area (Å²) < 4.78 is 25.8. The predicted molar refractivity (Wildman–Crippen MR) is 56.0 cm³/mol. The van der Waals surface area contributed by atoms with Crippen molar-refractivity contribution in [3.8, 4) is 0 Å². The van der Waals surface area contributed by atoms with Crippen LogP contribution < -0.4 is 4.72 Å². The van der Waals surface area contributed by atoms with Crippen LogP contribution in [0.3, 0.4) is 0 Å². The van der Waals surface area contributed by atoms with Crippen LogP contribution in [0.1, 0.15) is 39.5 Å². The summed E-state index contributed by atoms with van der Waals surface area (Å²) in [7, 11) is -3.38. The molecule has 0 spiro atoms. The van der Waals surface area contributed by atoms with E-state index >= 15 is 0 Å². The molecule has 0 amide bonds. The van der Waals surface area contributed by atoms with Crippen LogP contribution >= 0.6 is 0 Å². The Morgan fingerprint density at radius 2 is 2.00 bits per heavy atom. The number of nitrogens with one attached hydrogen (secondary N) is 1. The lowest BCUT2D eigenvalue weighted by Gasteiger charge is -2.41. The van der Waals surface area contributed by atoms with E-state index < -0.39 is 26.8 Å². The largest absolute Gasteiger partial charge is 0.481 e. The van der Waals surface area contributed by atoms with E-state index in [0.717, 1.165) is 6.42 Å². The van der Waals surface area contributed by atoms with Crippen LogP contribution in [-0.4, -0.2) is 30.3 Å². The van der Waals surface area contributed by atoms with Crippen LogP contribution in [0.25, 0.3) is 0 Å². The molecular formula is C9H17NO4S. The lowest BCUT2D eigenvalue weighted by atomic mass is 9.75. The summed E-state index contributed by atoms with van der Waals surface area (Å²) in [4.78, 5) is 10.6. The normalized spacial score (nSPS) is 19.9.